The van der Waals surface area contributed by atoms with Crippen LogP contribution in [0.25, 0.3) is 0 Å². The maximum atomic E-state index is 10.7. The lowest BCUT2D eigenvalue weighted by atomic mass is 9.78. The molecule has 0 saturated heterocycles. The van der Waals surface area contributed by atoms with Crippen molar-refractivity contribution in [3.8, 4) is 0 Å². The Morgan fingerprint density at radius 2 is 2.22 bits per heavy atom. The van der Waals surface area contributed by atoms with Crippen LogP contribution in [-0.4, -0.2) is 15.9 Å². The quantitative estimate of drug-likeness (QED) is 0.659. The molecule has 1 aromatic rings. The standard InChI is InChI=1S/C13H19N3O2/c1-9-4-3-5-12(10(9)2)15-13-8-11(16(17)18)6-7-14-13/h6-10,12H,3-5H2,1-2H3,(H,14,15). The van der Waals surface area contributed by atoms with E-state index in [-0.39, 0.29) is 10.6 Å². The number of aromatic nitrogens is 1. The molecule has 1 aromatic heterocycles. The summed E-state index contributed by atoms with van der Waals surface area (Å²) in [5.41, 5.74) is 0.0870. The predicted octanol–water partition coefficient (Wildman–Crippen LogP) is 3.23. The van der Waals surface area contributed by atoms with E-state index in [1.807, 2.05) is 0 Å². The van der Waals surface area contributed by atoms with Gasteiger partial charge in [0.2, 0.25) is 0 Å². The Morgan fingerprint density at radius 1 is 1.44 bits per heavy atom. The van der Waals surface area contributed by atoms with Crippen molar-refractivity contribution in [1.29, 1.82) is 0 Å². The SMILES string of the molecule is CC1CCCC(Nc2cc([N+](=O)[O-])ccn2)C1C. The number of anilines is 1. The molecule has 0 radical (unpaired) electrons. The normalized spacial score (nSPS) is 27.8. The van der Waals surface area contributed by atoms with Gasteiger partial charge in [0.05, 0.1) is 11.0 Å². The molecule has 5 nitrogen and oxygen atoms in total. The van der Waals surface area contributed by atoms with Crippen LogP contribution >= 0.6 is 0 Å². The van der Waals surface area contributed by atoms with Crippen LogP contribution in [-0.2, 0) is 0 Å². The first-order valence-electron chi connectivity index (χ1n) is 6.45. The monoisotopic (exact) mass is 249 g/mol. The summed E-state index contributed by atoms with van der Waals surface area (Å²) in [5, 5.41) is 14.1. The first-order valence-corrected chi connectivity index (χ1v) is 6.45. The Kier molecular flexibility index (Phi) is 3.79. The van der Waals surface area contributed by atoms with Crippen LogP contribution in [0.15, 0.2) is 18.3 Å². The van der Waals surface area contributed by atoms with Gasteiger partial charge < -0.3 is 5.32 Å². The van der Waals surface area contributed by atoms with E-state index in [9.17, 15) is 10.1 Å². The van der Waals surface area contributed by atoms with Crippen molar-refractivity contribution >= 4 is 11.5 Å². The van der Waals surface area contributed by atoms with Crippen molar-refractivity contribution in [1.82, 2.24) is 4.98 Å². The van der Waals surface area contributed by atoms with Gasteiger partial charge in [-0.25, -0.2) is 4.98 Å². The summed E-state index contributed by atoms with van der Waals surface area (Å²) in [4.78, 5) is 14.5. The van der Waals surface area contributed by atoms with Gasteiger partial charge in [-0.2, -0.15) is 0 Å². The van der Waals surface area contributed by atoms with Gasteiger partial charge in [0.25, 0.3) is 5.69 Å². The van der Waals surface area contributed by atoms with Crippen LogP contribution in [0.3, 0.4) is 0 Å². The Hall–Kier alpha value is -1.65. The molecule has 0 aliphatic heterocycles. The smallest absolute Gasteiger partial charge is 0.274 e. The summed E-state index contributed by atoms with van der Waals surface area (Å²) in [5.74, 6) is 1.87. The Balaban J connectivity index is 2.08. The third-order valence-corrected chi connectivity index (χ3v) is 3.99. The molecule has 1 N–H and O–H groups in total. The third kappa shape index (κ3) is 2.78. The molecule has 1 aliphatic carbocycles. The largest absolute Gasteiger partial charge is 0.367 e. The summed E-state index contributed by atoms with van der Waals surface area (Å²) in [6.45, 7) is 4.50. The number of rotatable bonds is 3. The summed E-state index contributed by atoms with van der Waals surface area (Å²) in [6, 6.07) is 3.28. The van der Waals surface area contributed by atoms with Crippen LogP contribution < -0.4 is 5.32 Å². The van der Waals surface area contributed by atoms with Crippen LogP contribution in [0.2, 0.25) is 0 Å². The highest BCUT2D eigenvalue weighted by Gasteiger charge is 2.27. The minimum Gasteiger partial charge on any atom is -0.367 e. The van der Waals surface area contributed by atoms with E-state index in [4.69, 9.17) is 0 Å². The predicted molar refractivity (Wildman–Crippen MR) is 70.5 cm³/mol. The zero-order valence-electron chi connectivity index (χ0n) is 10.8. The number of nitro groups is 1. The van der Waals surface area contributed by atoms with Crippen LogP contribution in [0.5, 0.6) is 0 Å². The lowest BCUT2D eigenvalue weighted by Gasteiger charge is -2.34. The van der Waals surface area contributed by atoms with E-state index in [2.05, 4.69) is 24.1 Å². The van der Waals surface area contributed by atoms with Crippen molar-refractivity contribution < 1.29 is 4.92 Å². The summed E-state index contributed by atoms with van der Waals surface area (Å²) >= 11 is 0. The van der Waals surface area contributed by atoms with Gasteiger partial charge in [-0.1, -0.05) is 26.7 Å². The van der Waals surface area contributed by atoms with Gasteiger partial charge in [0.15, 0.2) is 0 Å². The van der Waals surface area contributed by atoms with Crippen molar-refractivity contribution in [3.63, 3.8) is 0 Å². The fourth-order valence-corrected chi connectivity index (χ4v) is 2.59. The van der Waals surface area contributed by atoms with Gasteiger partial charge in [-0.3, -0.25) is 10.1 Å². The van der Waals surface area contributed by atoms with Gasteiger partial charge in [0.1, 0.15) is 5.82 Å². The first kappa shape index (κ1) is 12.8. The number of nitrogens with zero attached hydrogens (tertiary/aromatic N) is 2. The number of pyridine rings is 1. The van der Waals surface area contributed by atoms with E-state index in [0.29, 0.717) is 23.7 Å². The Bertz CT molecular complexity index is 436. The highest BCUT2D eigenvalue weighted by atomic mass is 16.6. The van der Waals surface area contributed by atoms with Crippen molar-refractivity contribution in [2.45, 2.75) is 39.2 Å². The molecule has 2 rings (SSSR count). The minimum atomic E-state index is -0.389. The Morgan fingerprint density at radius 3 is 2.94 bits per heavy atom. The second kappa shape index (κ2) is 5.33. The number of hydrogen-bond donors (Lipinski definition) is 1. The molecular weight excluding hydrogens is 230 g/mol. The highest BCUT2D eigenvalue weighted by molar-refractivity contribution is 5.45. The highest BCUT2D eigenvalue weighted by Crippen LogP contribution is 2.31. The molecule has 3 unspecified atom stereocenters. The minimum absolute atomic E-state index is 0.0870. The first-order chi connectivity index (χ1) is 8.58. The molecule has 1 heterocycles. The molecule has 0 bridgehead atoms. The fraction of sp³-hybridized carbons (Fsp3) is 0.615. The maximum Gasteiger partial charge on any atom is 0.274 e. The van der Waals surface area contributed by atoms with E-state index in [0.717, 1.165) is 6.42 Å². The second-order valence-corrected chi connectivity index (χ2v) is 5.17. The molecule has 1 fully saturated rings. The van der Waals surface area contributed by atoms with Crippen molar-refractivity contribution in [2.24, 2.45) is 11.8 Å². The van der Waals surface area contributed by atoms with Gasteiger partial charge in [-0.05, 0) is 18.3 Å². The average Bonchev–Trinajstić information content (AvgIpc) is 2.35. The van der Waals surface area contributed by atoms with Crippen LogP contribution in [0.4, 0.5) is 11.5 Å². The summed E-state index contributed by atoms with van der Waals surface area (Å²) < 4.78 is 0. The molecular formula is C13H19N3O2. The molecule has 3 atom stereocenters. The lowest BCUT2D eigenvalue weighted by molar-refractivity contribution is -0.384. The maximum absolute atomic E-state index is 10.7. The molecule has 1 saturated carbocycles. The topological polar surface area (TPSA) is 68.1 Å². The molecule has 0 aromatic carbocycles. The molecule has 1 aliphatic rings. The second-order valence-electron chi connectivity index (χ2n) is 5.17. The van der Waals surface area contributed by atoms with Gasteiger partial charge >= 0.3 is 0 Å². The molecule has 18 heavy (non-hydrogen) atoms. The fourth-order valence-electron chi connectivity index (χ4n) is 2.59. The van der Waals surface area contributed by atoms with Crippen molar-refractivity contribution in [2.75, 3.05) is 5.32 Å². The summed E-state index contributed by atoms with van der Waals surface area (Å²) in [6.07, 6.45) is 5.06. The van der Waals surface area contributed by atoms with Gasteiger partial charge in [0, 0.05) is 18.3 Å². The van der Waals surface area contributed by atoms with E-state index >= 15 is 0 Å². The zero-order valence-corrected chi connectivity index (χ0v) is 10.8. The summed E-state index contributed by atoms with van der Waals surface area (Å²) in [7, 11) is 0. The van der Waals surface area contributed by atoms with Crippen LogP contribution in [0, 0.1) is 22.0 Å². The lowest BCUT2D eigenvalue weighted by Crippen LogP contribution is -2.35. The van der Waals surface area contributed by atoms with Gasteiger partial charge in [-0.15, -0.1) is 0 Å². The zero-order chi connectivity index (χ0) is 13.1. The third-order valence-electron chi connectivity index (χ3n) is 3.99. The van der Waals surface area contributed by atoms with Crippen molar-refractivity contribution in [3.05, 3.63) is 28.4 Å². The number of hydrogen-bond acceptors (Lipinski definition) is 4. The van der Waals surface area contributed by atoms with E-state index < -0.39 is 0 Å². The number of nitrogens with one attached hydrogen (secondary N) is 1. The molecule has 0 amide bonds. The molecule has 98 valence electrons. The van der Waals surface area contributed by atoms with E-state index in [1.54, 1.807) is 0 Å². The molecule has 5 heteroatoms. The molecule has 0 spiro atoms. The van der Waals surface area contributed by atoms with Crippen LogP contribution in [0.1, 0.15) is 33.1 Å². The average molecular weight is 249 g/mol. The Labute approximate surface area is 107 Å². The van der Waals surface area contributed by atoms with E-state index in [1.165, 1.54) is 31.2 Å².